The van der Waals surface area contributed by atoms with Crippen molar-refractivity contribution in [2.75, 3.05) is 6.61 Å². The molecular weight excluding hydrogens is 450 g/mol. The number of hydrogen-bond acceptors (Lipinski definition) is 8. The molecule has 9 nitrogen and oxygen atoms in total. The van der Waals surface area contributed by atoms with Crippen LogP contribution >= 0.6 is 0 Å². The van der Waals surface area contributed by atoms with Crippen LogP contribution in [0.5, 0.6) is 11.5 Å². The largest absolute Gasteiger partial charge is 0.490 e. The summed E-state index contributed by atoms with van der Waals surface area (Å²) < 4.78 is 22.8. The molecule has 3 heterocycles. The molecule has 0 bridgehead atoms. The van der Waals surface area contributed by atoms with E-state index in [4.69, 9.17) is 18.3 Å². The van der Waals surface area contributed by atoms with E-state index in [1.54, 1.807) is 54.6 Å². The Morgan fingerprint density at radius 1 is 1.03 bits per heavy atom. The smallest absolute Gasteiger partial charge is 0.379 e. The minimum Gasteiger partial charge on any atom is -0.490 e. The van der Waals surface area contributed by atoms with Gasteiger partial charge < -0.3 is 18.3 Å². The lowest BCUT2D eigenvalue weighted by atomic mass is 10.2. The third kappa shape index (κ3) is 4.47. The highest BCUT2D eigenvalue weighted by molar-refractivity contribution is 5.89. The van der Waals surface area contributed by atoms with Crippen LogP contribution in [0.1, 0.15) is 23.0 Å². The van der Waals surface area contributed by atoms with Gasteiger partial charge in [0.2, 0.25) is 11.6 Å². The van der Waals surface area contributed by atoms with Crippen molar-refractivity contribution in [2.24, 2.45) is 5.10 Å². The third-order valence-corrected chi connectivity index (χ3v) is 5.01. The Balaban J connectivity index is 1.52. The normalized spacial score (nSPS) is 11.2. The van der Waals surface area contributed by atoms with Crippen molar-refractivity contribution in [1.29, 1.82) is 0 Å². The number of furan rings is 2. The quantitative estimate of drug-likeness (QED) is 0.192. The Kier molecular flexibility index (Phi) is 5.96. The van der Waals surface area contributed by atoms with Crippen molar-refractivity contribution < 1.29 is 23.1 Å². The van der Waals surface area contributed by atoms with Gasteiger partial charge in [-0.05, 0) is 67.1 Å². The van der Waals surface area contributed by atoms with Gasteiger partial charge in [-0.3, -0.25) is 4.79 Å². The Labute approximate surface area is 198 Å². The highest BCUT2D eigenvalue weighted by Gasteiger charge is 2.16. The average Bonchev–Trinajstić information content (AvgIpc) is 3.60. The van der Waals surface area contributed by atoms with Crippen LogP contribution < -0.4 is 15.0 Å². The molecule has 0 aliphatic heterocycles. The monoisotopic (exact) mass is 469 g/mol. The summed E-state index contributed by atoms with van der Waals surface area (Å²) in [6.07, 6.45) is 4.38. The molecule has 2 aromatic carbocycles. The molecule has 5 aromatic rings. The second-order valence-corrected chi connectivity index (χ2v) is 7.30. The minimum absolute atomic E-state index is 0.0757. The molecule has 0 fully saturated rings. The summed E-state index contributed by atoms with van der Waals surface area (Å²) in [7, 11) is 0. The molecule has 0 saturated carbocycles. The number of ether oxygens (including phenoxy) is 2. The SMILES string of the molecule is CCOc1cc(C=Nn2c(-c3ccco3)nc3ccccc3c2=O)ccc1OC(=O)c1ccco1. The summed E-state index contributed by atoms with van der Waals surface area (Å²) in [5.41, 5.74) is 0.806. The van der Waals surface area contributed by atoms with Crippen LogP contribution in [0.25, 0.3) is 22.5 Å². The van der Waals surface area contributed by atoms with Crippen LogP contribution in [-0.4, -0.2) is 28.5 Å². The van der Waals surface area contributed by atoms with E-state index < -0.39 is 5.97 Å². The number of aromatic nitrogens is 2. The van der Waals surface area contributed by atoms with Gasteiger partial charge in [-0.15, -0.1) is 0 Å². The van der Waals surface area contributed by atoms with E-state index in [0.717, 1.165) is 0 Å². The fourth-order valence-corrected chi connectivity index (χ4v) is 3.42. The summed E-state index contributed by atoms with van der Waals surface area (Å²) in [5.74, 6) is 0.669. The molecular formula is C26H19N3O6. The lowest BCUT2D eigenvalue weighted by Gasteiger charge is -2.11. The lowest BCUT2D eigenvalue weighted by molar-refractivity contribution is 0.0695. The van der Waals surface area contributed by atoms with Gasteiger partial charge in [0, 0.05) is 0 Å². The zero-order valence-electron chi connectivity index (χ0n) is 18.6. The number of esters is 1. The van der Waals surface area contributed by atoms with Crippen molar-refractivity contribution in [3.63, 3.8) is 0 Å². The second-order valence-electron chi connectivity index (χ2n) is 7.30. The number of hydrogen-bond donors (Lipinski definition) is 0. The molecule has 35 heavy (non-hydrogen) atoms. The second kappa shape index (κ2) is 9.52. The average molecular weight is 469 g/mol. The van der Waals surface area contributed by atoms with Gasteiger partial charge in [-0.2, -0.15) is 9.78 Å². The number of carbonyl (C=O) groups is 1. The van der Waals surface area contributed by atoms with Crippen molar-refractivity contribution >= 4 is 23.1 Å². The van der Waals surface area contributed by atoms with Crippen LogP contribution in [0.3, 0.4) is 0 Å². The molecule has 3 aromatic heterocycles. The van der Waals surface area contributed by atoms with Gasteiger partial charge in [0.15, 0.2) is 17.3 Å². The van der Waals surface area contributed by atoms with E-state index >= 15 is 0 Å². The maximum atomic E-state index is 13.2. The highest BCUT2D eigenvalue weighted by atomic mass is 16.6. The summed E-state index contributed by atoms with van der Waals surface area (Å²) in [5, 5.41) is 4.82. The Hall–Kier alpha value is -4.92. The highest BCUT2D eigenvalue weighted by Crippen LogP contribution is 2.29. The predicted molar refractivity (Wildman–Crippen MR) is 128 cm³/mol. The zero-order chi connectivity index (χ0) is 24.2. The first kappa shape index (κ1) is 21.9. The Morgan fingerprint density at radius 3 is 2.63 bits per heavy atom. The van der Waals surface area contributed by atoms with Gasteiger partial charge >= 0.3 is 5.97 Å². The Morgan fingerprint density at radius 2 is 1.86 bits per heavy atom. The van der Waals surface area contributed by atoms with E-state index in [1.165, 1.54) is 29.5 Å². The minimum atomic E-state index is -0.644. The van der Waals surface area contributed by atoms with Crippen molar-refractivity contribution in [3.8, 4) is 23.1 Å². The Bertz CT molecular complexity index is 1570. The fourth-order valence-electron chi connectivity index (χ4n) is 3.42. The molecule has 0 unspecified atom stereocenters. The molecule has 5 rings (SSSR count). The molecule has 0 atom stereocenters. The lowest BCUT2D eigenvalue weighted by Crippen LogP contribution is -2.20. The summed E-state index contributed by atoms with van der Waals surface area (Å²) in [4.78, 5) is 30.0. The van der Waals surface area contributed by atoms with Crippen molar-refractivity contribution in [3.05, 3.63) is 101 Å². The topological polar surface area (TPSA) is 109 Å². The molecule has 174 valence electrons. The van der Waals surface area contributed by atoms with Gasteiger partial charge in [0.1, 0.15) is 0 Å². The van der Waals surface area contributed by atoms with Crippen LogP contribution in [-0.2, 0) is 0 Å². The summed E-state index contributed by atoms with van der Waals surface area (Å²) in [6, 6.07) is 18.5. The molecule has 9 heteroatoms. The molecule has 0 aliphatic carbocycles. The van der Waals surface area contributed by atoms with E-state index in [9.17, 15) is 9.59 Å². The fraction of sp³-hybridized carbons (Fsp3) is 0.0769. The summed E-state index contributed by atoms with van der Waals surface area (Å²) in [6.45, 7) is 2.16. The number of nitrogens with zero attached hydrogens (tertiary/aromatic N) is 3. The molecule has 0 radical (unpaired) electrons. The first-order valence-electron chi connectivity index (χ1n) is 10.8. The summed E-state index contributed by atoms with van der Waals surface area (Å²) >= 11 is 0. The predicted octanol–water partition coefficient (Wildman–Crippen LogP) is 4.75. The number of carbonyl (C=O) groups excluding carboxylic acids is 1. The maximum Gasteiger partial charge on any atom is 0.379 e. The van der Waals surface area contributed by atoms with Crippen LogP contribution in [0.15, 0.2) is 98.0 Å². The van der Waals surface area contributed by atoms with Crippen molar-refractivity contribution in [2.45, 2.75) is 6.92 Å². The van der Waals surface area contributed by atoms with Gasteiger partial charge in [-0.25, -0.2) is 9.78 Å². The van der Waals surface area contributed by atoms with E-state index in [-0.39, 0.29) is 22.9 Å². The van der Waals surface area contributed by atoms with Gasteiger partial charge in [-0.1, -0.05) is 12.1 Å². The van der Waals surface area contributed by atoms with E-state index in [1.807, 2.05) is 13.0 Å². The van der Waals surface area contributed by atoms with Crippen LogP contribution in [0.2, 0.25) is 0 Å². The maximum absolute atomic E-state index is 13.2. The van der Waals surface area contributed by atoms with Gasteiger partial charge in [0.05, 0.1) is 36.3 Å². The molecule has 0 spiro atoms. The van der Waals surface area contributed by atoms with Crippen molar-refractivity contribution in [1.82, 2.24) is 9.66 Å². The number of para-hydroxylation sites is 1. The van der Waals surface area contributed by atoms with Crippen LogP contribution in [0, 0.1) is 0 Å². The standard InChI is InChI=1S/C26H19N3O6/c1-2-32-23-15-17(11-12-20(23)35-26(31)22-10-6-14-34-22)16-27-29-24(21-9-5-13-33-21)28-19-8-4-3-7-18(19)25(29)30/h3-16H,2H2,1H3. The molecule has 0 aliphatic rings. The van der Waals surface area contributed by atoms with Gasteiger partial charge in [0.25, 0.3) is 5.56 Å². The molecule has 0 saturated heterocycles. The molecule has 0 amide bonds. The third-order valence-electron chi connectivity index (χ3n) is 5.01. The number of fused-ring (bicyclic) bond motifs is 1. The first-order valence-corrected chi connectivity index (χ1v) is 10.8. The van der Waals surface area contributed by atoms with E-state index in [0.29, 0.717) is 34.6 Å². The number of benzene rings is 2. The zero-order valence-corrected chi connectivity index (χ0v) is 18.6. The van der Waals surface area contributed by atoms with E-state index in [2.05, 4.69) is 10.1 Å². The molecule has 0 N–H and O–H groups in total. The number of rotatable bonds is 7. The van der Waals surface area contributed by atoms with Crippen LogP contribution in [0.4, 0.5) is 0 Å². The first-order chi connectivity index (χ1) is 17.1.